The van der Waals surface area contributed by atoms with Crippen LogP contribution in [0.4, 0.5) is 4.39 Å². The molecule has 0 amide bonds. The Morgan fingerprint density at radius 1 is 1.18 bits per heavy atom. The van der Waals surface area contributed by atoms with E-state index in [2.05, 4.69) is 10.2 Å². The lowest BCUT2D eigenvalue weighted by atomic mass is 10.1. The molecule has 1 unspecified atom stereocenters. The summed E-state index contributed by atoms with van der Waals surface area (Å²) >= 11 is 0. The minimum atomic E-state index is -0.299. The summed E-state index contributed by atoms with van der Waals surface area (Å²) in [5.41, 5.74) is 6.58. The summed E-state index contributed by atoms with van der Waals surface area (Å²) in [6.45, 7) is 3.96. The normalized spacial score (nSPS) is 13.0. The molecule has 1 atom stereocenters. The first-order valence-electron chi connectivity index (χ1n) is 5.43. The molecule has 2 N–H and O–H groups in total. The molecule has 90 valence electrons. The number of halogens is 1. The van der Waals surface area contributed by atoms with E-state index in [1.54, 1.807) is 12.1 Å². The van der Waals surface area contributed by atoms with E-state index in [0.717, 1.165) is 0 Å². The van der Waals surface area contributed by atoms with Crippen LogP contribution in [0, 0.1) is 11.7 Å². The number of rotatable bonds is 3. The highest BCUT2D eigenvalue weighted by atomic mass is 19.1. The summed E-state index contributed by atoms with van der Waals surface area (Å²) in [6.07, 6.45) is 0. The number of aromatic nitrogens is 2. The minimum absolute atomic E-state index is 0.219. The Kier molecular flexibility index (Phi) is 3.19. The zero-order valence-electron chi connectivity index (χ0n) is 9.72. The molecule has 0 aliphatic carbocycles. The van der Waals surface area contributed by atoms with Crippen LogP contribution in [-0.4, -0.2) is 10.2 Å². The van der Waals surface area contributed by atoms with Crippen molar-refractivity contribution in [2.24, 2.45) is 11.7 Å². The SMILES string of the molecule is CC(C)C(N)c1nnc(-c2ccc(F)cc2)o1. The van der Waals surface area contributed by atoms with Gasteiger partial charge in [0.05, 0.1) is 6.04 Å². The Bertz CT molecular complexity index is 493. The smallest absolute Gasteiger partial charge is 0.247 e. The van der Waals surface area contributed by atoms with Gasteiger partial charge in [-0.3, -0.25) is 0 Å². The van der Waals surface area contributed by atoms with Crippen LogP contribution in [0.5, 0.6) is 0 Å². The van der Waals surface area contributed by atoms with Crippen molar-refractivity contribution in [2.75, 3.05) is 0 Å². The second-order valence-corrected chi connectivity index (χ2v) is 4.22. The molecule has 5 heteroatoms. The Morgan fingerprint density at radius 2 is 1.82 bits per heavy atom. The van der Waals surface area contributed by atoms with Crippen LogP contribution in [0.2, 0.25) is 0 Å². The molecule has 0 spiro atoms. The molecule has 1 heterocycles. The highest BCUT2D eigenvalue weighted by Gasteiger charge is 2.18. The molecule has 0 bridgehead atoms. The highest BCUT2D eigenvalue weighted by molar-refractivity contribution is 5.51. The van der Waals surface area contributed by atoms with E-state index in [1.807, 2.05) is 13.8 Å². The third-order valence-corrected chi connectivity index (χ3v) is 2.54. The van der Waals surface area contributed by atoms with Crippen LogP contribution in [0.3, 0.4) is 0 Å². The van der Waals surface area contributed by atoms with Crippen molar-refractivity contribution < 1.29 is 8.81 Å². The minimum Gasteiger partial charge on any atom is -0.419 e. The second-order valence-electron chi connectivity index (χ2n) is 4.22. The van der Waals surface area contributed by atoms with Crippen molar-refractivity contribution >= 4 is 0 Å². The molecule has 0 aliphatic heterocycles. The number of benzene rings is 1. The van der Waals surface area contributed by atoms with Crippen LogP contribution >= 0.6 is 0 Å². The molecule has 0 fully saturated rings. The predicted octanol–water partition coefficient (Wildman–Crippen LogP) is 2.53. The zero-order valence-corrected chi connectivity index (χ0v) is 9.72. The van der Waals surface area contributed by atoms with Gasteiger partial charge < -0.3 is 10.2 Å². The number of nitrogens with two attached hydrogens (primary N) is 1. The van der Waals surface area contributed by atoms with Gasteiger partial charge in [0, 0.05) is 5.56 Å². The maximum atomic E-state index is 12.8. The molecule has 0 saturated carbocycles. The highest BCUT2D eigenvalue weighted by Crippen LogP contribution is 2.23. The fraction of sp³-hybridized carbons (Fsp3) is 0.333. The number of hydrogen-bond donors (Lipinski definition) is 1. The molecule has 0 saturated heterocycles. The van der Waals surface area contributed by atoms with E-state index in [0.29, 0.717) is 17.3 Å². The fourth-order valence-electron chi connectivity index (χ4n) is 1.36. The maximum Gasteiger partial charge on any atom is 0.247 e. The average Bonchev–Trinajstić information content (AvgIpc) is 2.78. The average molecular weight is 235 g/mol. The molecule has 0 radical (unpaired) electrons. The summed E-state index contributed by atoms with van der Waals surface area (Å²) in [4.78, 5) is 0. The van der Waals surface area contributed by atoms with E-state index in [-0.39, 0.29) is 17.8 Å². The van der Waals surface area contributed by atoms with Crippen molar-refractivity contribution in [3.8, 4) is 11.5 Å². The number of nitrogens with zero attached hydrogens (tertiary/aromatic N) is 2. The molecule has 2 aromatic rings. The summed E-state index contributed by atoms with van der Waals surface area (Å²) in [7, 11) is 0. The predicted molar refractivity (Wildman–Crippen MR) is 61.5 cm³/mol. The quantitative estimate of drug-likeness (QED) is 0.887. The largest absolute Gasteiger partial charge is 0.419 e. The lowest BCUT2D eigenvalue weighted by molar-refractivity contribution is 0.394. The van der Waals surface area contributed by atoms with Crippen LogP contribution in [0.15, 0.2) is 28.7 Å². The van der Waals surface area contributed by atoms with Crippen molar-refractivity contribution in [3.63, 3.8) is 0 Å². The van der Waals surface area contributed by atoms with Crippen LogP contribution in [0.25, 0.3) is 11.5 Å². The molecule has 1 aromatic carbocycles. The molecular weight excluding hydrogens is 221 g/mol. The Labute approximate surface area is 98.7 Å². The molecule has 2 rings (SSSR count). The van der Waals surface area contributed by atoms with Crippen molar-refractivity contribution in [3.05, 3.63) is 36.0 Å². The van der Waals surface area contributed by atoms with Gasteiger partial charge in [0.15, 0.2) is 0 Å². The molecule has 17 heavy (non-hydrogen) atoms. The second kappa shape index (κ2) is 4.63. The summed E-state index contributed by atoms with van der Waals surface area (Å²) in [5, 5.41) is 7.80. The first-order chi connectivity index (χ1) is 8.08. The Hall–Kier alpha value is -1.75. The van der Waals surface area contributed by atoms with E-state index in [1.165, 1.54) is 12.1 Å². The van der Waals surface area contributed by atoms with Crippen LogP contribution in [0.1, 0.15) is 25.8 Å². The van der Waals surface area contributed by atoms with E-state index in [4.69, 9.17) is 10.2 Å². The van der Waals surface area contributed by atoms with Gasteiger partial charge in [-0.15, -0.1) is 10.2 Å². The van der Waals surface area contributed by atoms with Gasteiger partial charge in [-0.25, -0.2) is 4.39 Å². The monoisotopic (exact) mass is 235 g/mol. The van der Waals surface area contributed by atoms with E-state index >= 15 is 0 Å². The third kappa shape index (κ3) is 2.50. The maximum absolute atomic E-state index is 12.8. The van der Waals surface area contributed by atoms with Crippen molar-refractivity contribution in [1.82, 2.24) is 10.2 Å². The summed E-state index contributed by atoms with van der Waals surface area (Å²) in [6, 6.07) is 5.60. The molecule has 4 nitrogen and oxygen atoms in total. The fourth-order valence-corrected chi connectivity index (χ4v) is 1.36. The Balaban J connectivity index is 2.26. The first-order valence-corrected chi connectivity index (χ1v) is 5.43. The van der Waals surface area contributed by atoms with Crippen molar-refractivity contribution in [1.29, 1.82) is 0 Å². The summed E-state index contributed by atoms with van der Waals surface area (Å²) < 4.78 is 18.2. The van der Waals surface area contributed by atoms with Gasteiger partial charge in [0.25, 0.3) is 0 Å². The Morgan fingerprint density at radius 3 is 2.41 bits per heavy atom. The third-order valence-electron chi connectivity index (χ3n) is 2.54. The first kappa shape index (κ1) is 11.7. The lowest BCUT2D eigenvalue weighted by Crippen LogP contribution is -2.16. The molecule has 1 aromatic heterocycles. The molecular formula is C12H14FN3O. The lowest BCUT2D eigenvalue weighted by Gasteiger charge is -2.09. The van der Waals surface area contributed by atoms with Gasteiger partial charge in [-0.2, -0.15) is 0 Å². The topological polar surface area (TPSA) is 64.9 Å². The van der Waals surface area contributed by atoms with Crippen molar-refractivity contribution in [2.45, 2.75) is 19.9 Å². The summed E-state index contributed by atoms with van der Waals surface area (Å²) in [5.74, 6) is 0.680. The van der Waals surface area contributed by atoms with E-state index < -0.39 is 0 Å². The van der Waals surface area contributed by atoms with Gasteiger partial charge in [-0.1, -0.05) is 13.8 Å². The number of hydrogen-bond acceptors (Lipinski definition) is 4. The zero-order chi connectivity index (χ0) is 12.4. The van der Waals surface area contributed by atoms with Gasteiger partial charge >= 0.3 is 0 Å². The standard InChI is InChI=1S/C12H14FN3O/c1-7(2)10(14)12-16-15-11(17-12)8-3-5-9(13)6-4-8/h3-7,10H,14H2,1-2H3. The van der Waals surface area contributed by atoms with E-state index in [9.17, 15) is 4.39 Å². The van der Waals surface area contributed by atoms with Gasteiger partial charge in [-0.05, 0) is 30.2 Å². The van der Waals surface area contributed by atoms with Crippen LogP contribution in [-0.2, 0) is 0 Å². The van der Waals surface area contributed by atoms with Gasteiger partial charge in [0.1, 0.15) is 5.82 Å². The van der Waals surface area contributed by atoms with Crippen LogP contribution < -0.4 is 5.73 Å². The van der Waals surface area contributed by atoms with Gasteiger partial charge in [0.2, 0.25) is 11.8 Å². The molecule has 0 aliphatic rings.